The minimum atomic E-state index is -4.07. The highest BCUT2D eigenvalue weighted by atomic mass is 19.4. The van der Waals surface area contributed by atoms with E-state index in [-0.39, 0.29) is 17.8 Å². The Labute approximate surface area is 94.1 Å². The molecule has 1 atom stereocenters. The first-order valence-electron chi connectivity index (χ1n) is 5.40. The van der Waals surface area contributed by atoms with Gasteiger partial charge < -0.3 is 4.98 Å². The fourth-order valence-electron chi connectivity index (χ4n) is 1.92. The van der Waals surface area contributed by atoms with Gasteiger partial charge in [0.25, 0.3) is 0 Å². The third-order valence-corrected chi connectivity index (χ3v) is 2.76. The maximum absolute atomic E-state index is 12.2. The summed E-state index contributed by atoms with van der Waals surface area (Å²) in [7, 11) is 0. The van der Waals surface area contributed by atoms with Gasteiger partial charge in [0.2, 0.25) is 0 Å². The molecule has 0 aliphatic heterocycles. The predicted molar refractivity (Wildman–Crippen MR) is 58.3 cm³/mol. The summed E-state index contributed by atoms with van der Waals surface area (Å²) in [5.74, 6) is -0.0934. The molecule has 1 heterocycles. The Morgan fingerprint density at radius 3 is 2.25 bits per heavy atom. The minimum absolute atomic E-state index is 0.0934. The first kappa shape index (κ1) is 13.1. The molecule has 0 saturated carbocycles. The van der Waals surface area contributed by atoms with Crippen molar-refractivity contribution < 1.29 is 13.2 Å². The molecule has 92 valence electrons. The molecule has 1 nitrogen and oxygen atoms in total. The fourth-order valence-corrected chi connectivity index (χ4v) is 1.92. The van der Waals surface area contributed by atoms with E-state index in [1.165, 1.54) is 0 Å². The van der Waals surface area contributed by atoms with Crippen LogP contribution in [0.1, 0.15) is 45.2 Å². The van der Waals surface area contributed by atoms with Crippen LogP contribution in [0.3, 0.4) is 0 Å². The van der Waals surface area contributed by atoms with Crippen LogP contribution in [0, 0.1) is 5.41 Å². The van der Waals surface area contributed by atoms with Crippen LogP contribution in [0.25, 0.3) is 0 Å². The largest absolute Gasteiger partial charge is 0.389 e. The van der Waals surface area contributed by atoms with Gasteiger partial charge in [-0.25, -0.2) is 0 Å². The summed E-state index contributed by atoms with van der Waals surface area (Å²) in [6, 6.07) is 3.67. The lowest BCUT2D eigenvalue weighted by molar-refractivity contribution is -0.137. The van der Waals surface area contributed by atoms with E-state index in [2.05, 4.69) is 4.98 Å². The van der Waals surface area contributed by atoms with Gasteiger partial charge in [-0.3, -0.25) is 0 Å². The fraction of sp³-hybridized carbons (Fsp3) is 0.667. The molecular formula is C12H18F3N. The van der Waals surface area contributed by atoms with Crippen LogP contribution < -0.4 is 0 Å². The molecule has 0 aromatic carbocycles. The van der Waals surface area contributed by atoms with Crippen molar-refractivity contribution in [3.05, 3.63) is 24.0 Å². The Bertz CT molecular complexity index is 306. The van der Waals surface area contributed by atoms with Gasteiger partial charge in [0.1, 0.15) is 0 Å². The molecule has 4 heteroatoms. The normalized spacial score (nSPS) is 15.1. The summed E-state index contributed by atoms with van der Waals surface area (Å²) in [5, 5.41) is 0. The third kappa shape index (κ3) is 3.91. The van der Waals surface area contributed by atoms with E-state index in [0.717, 1.165) is 5.69 Å². The summed E-state index contributed by atoms with van der Waals surface area (Å²) >= 11 is 0. The van der Waals surface area contributed by atoms with Crippen molar-refractivity contribution >= 4 is 0 Å². The van der Waals surface area contributed by atoms with Crippen LogP contribution in [0.15, 0.2) is 18.3 Å². The maximum atomic E-state index is 12.2. The molecule has 1 aromatic heterocycles. The molecule has 0 saturated heterocycles. The van der Waals surface area contributed by atoms with E-state index in [4.69, 9.17) is 0 Å². The van der Waals surface area contributed by atoms with E-state index in [9.17, 15) is 13.2 Å². The molecule has 0 aliphatic rings. The monoisotopic (exact) mass is 233 g/mol. The van der Waals surface area contributed by atoms with Crippen LogP contribution in [-0.2, 0) is 0 Å². The second-order valence-electron chi connectivity index (χ2n) is 5.20. The van der Waals surface area contributed by atoms with Gasteiger partial charge in [-0.2, -0.15) is 13.2 Å². The number of H-pyrrole nitrogens is 1. The minimum Gasteiger partial charge on any atom is -0.365 e. The highest BCUT2D eigenvalue weighted by Gasteiger charge is 2.33. The summed E-state index contributed by atoms with van der Waals surface area (Å²) in [5.41, 5.74) is 0.715. The zero-order chi connectivity index (χ0) is 12.4. The van der Waals surface area contributed by atoms with Crippen LogP contribution >= 0.6 is 0 Å². The second-order valence-corrected chi connectivity index (χ2v) is 5.20. The lowest BCUT2D eigenvalue weighted by atomic mass is 9.76. The summed E-state index contributed by atoms with van der Waals surface area (Å²) in [6.07, 6.45) is -2.92. The Hall–Kier alpha value is -0.930. The molecule has 0 amide bonds. The third-order valence-electron chi connectivity index (χ3n) is 2.76. The van der Waals surface area contributed by atoms with Crippen LogP contribution in [-0.4, -0.2) is 11.2 Å². The van der Waals surface area contributed by atoms with Gasteiger partial charge in [-0.05, 0) is 24.0 Å². The van der Waals surface area contributed by atoms with Crippen LogP contribution in [0.5, 0.6) is 0 Å². The molecule has 0 fully saturated rings. The number of hydrogen-bond acceptors (Lipinski definition) is 0. The van der Waals surface area contributed by atoms with Gasteiger partial charge in [0, 0.05) is 24.2 Å². The standard InChI is InChI=1S/C12H18F3N/c1-11(2,3)9(6-7-12(13,14)15)10-5-4-8-16-10/h4-5,8-9,16H,6-7H2,1-3H3. The molecule has 1 aromatic rings. The molecule has 0 aliphatic carbocycles. The second kappa shape index (κ2) is 4.52. The van der Waals surface area contributed by atoms with Crippen molar-refractivity contribution in [3.8, 4) is 0 Å². The number of nitrogens with one attached hydrogen (secondary N) is 1. The highest BCUT2D eigenvalue weighted by molar-refractivity contribution is 5.12. The van der Waals surface area contributed by atoms with Crippen LogP contribution in [0.4, 0.5) is 13.2 Å². The Morgan fingerprint density at radius 1 is 1.25 bits per heavy atom. The van der Waals surface area contributed by atoms with Gasteiger partial charge >= 0.3 is 6.18 Å². The Balaban J connectivity index is 2.75. The average molecular weight is 233 g/mol. The first-order chi connectivity index (χ1) is 7.20. The van der Waals surface area contributed by atoms with Crippen molar-refractivity contribution in [2.45, 2.75) is 45.7 Å². The number of aromatic nitrogens is 1. The first-order valence-corrected chi connectivity index (χ1v) is 5.40. The molecule has 0 spiro atoms. The number of hydrogen-bond donors (Lipinski definition) is 1. The van der Waals surface area contributed by atoms with Crippen molar-refractivity contribution in [1.82, 2.24) is 4.98 Å². The number of aromatic amines is 1. The lowest BCUT2D eigenvalue weighted by Crippen LogP contribution is -2.21. The Kier molecular flexibility index (Phi) is 3.71. The number of alkyl halides is 3. The van der Waals surface area contributed by atoms with E-state index in [0.29, 0.717) is 0 Å². The molecule has 0 radical (unpaired) electrons. The summed E-state index contributed by atoms with van der Waals surface area (Å²) < 4.78 is 36.7. The molecule has 1 unspecified atom stereocenters. The SMILES string of the molecule is CC(C)(C)C(CCC(F)(F)F)c1ccc[nH]1. The van der Waals surface area contributed by atoms with E-state index >= 15 is 0 Å². The van der Waals surface area contributed by atoms with Crippen molar-refractivity contribution in [3.63, 3.8) is 0 Å². The summed E-state index contributed by atoms with van der Waals surface area (Å²) in [4.78, 5) is 3.01. The zero-order valence-corrected chi connectivity index (χ0v) is 9.86. The van der Waals surface area contributed by atoms with Crippen molar-refractivity contribution in [2.24, 2.45) is 5.41 Å². The number of rotatable bonds is 3. The molecule has 1 rings (SSSR count). The Morgan fingerprint density at radius 2 is 1.88 bits per heavy atom. The molecule has 0 bridgehead atoms. The van der Waals surface area contributed by atoms with Gasteiger partial charge in [-0.15, -0.1) is 0 Å². The van der Waals surface area contributed by atoms with E-state index < -0.39 is 12.6 Å². The maximum Gasteiger partial charge on any atom is 0.389 e. The molecular weight excluding hydrogens is 215 g/mol. The predicted octanol–water partition coefficient (Wildman–Crippen LogP) is 4.49. The van der Waals surface area contributed by atoms with Gasteiger partial charge in [0.15, 0.2) is 0 Å². The highest BCUT2D eigenvalue weighted by Crippen LogP contribution is 2.40. The number of halogens is 3. The molecule has 16 heavy (non-hydrogen) atoms. The van der Waals surface area contributed by atoms with Crippen molar-refractivity contribution in [1.29, 1.82) is 0 Å². The van der Waals surface area contributed by atoms with Gasteiger partial charge in [-0.1, -0.05) is 20.8 Å². The zero-order valence-electron chi connectivity index (χ0n) is 9.86. The van der Waals surface area contributed by atoms with Crippen molar-refractivity contribution in [2.75, 3.05) is 0 Å². The van der Waals surface area contributed by atoms with E-state index in [1.807, 2.05) is 32.9 Å². The molecule has 1 N–H and O–H groups in total. The lowest BCUT2D eigenvalue weighted by Gasteiger charge is -2.30. The quantitative estimate of drug-likeness (QED) is 0.791. The van der Waals surface area contributed by atoms with E-state index in [1.54, 1.807) is 6.20 Å². The average Bonchev–Trinajstić information content (AvgIpc) is 2.52. The smallest absolute Gasteiger partial charge is 0.365 e. The topological polar surface area (TPSA) is 15.8 Å². The van der Waals surface area contributed by atoms with Gasteiger partial charge in [0.05, 0.1) is 0 Å². The summed E-state index contributed by atoms with van der Waals surface area (Å²) in [6.45, 7) is 5.90. The van der Waals surface area contributed by atoms with Crippen LogP contribution in [0.2, 0.25) is 0 Å².